The molecule has 5 rings (SSSR count). The Morgan fingerprint density at radius 2 is 1.86 bits per heavy atom. The molecule has 1 N–H and O–H groups in total. The molecule has 0 bridgehead atoms. The number of alkyl halides is 3. The lowest BCUT2D eigenvalue weighted by molar-refractivity contribution is -0.138. The van der Waals surface area contributed by atoms with Gasteiger partial charge in [-0.05, 0) is 57.6 Å². The van der Waals surface area contributed by atoms with Crippen molar-refractivity contribution in [1.82, 2.24) is 33.9 Å². The van der Waals surface area contributed by atoms with Gasteiger partial charge in [-0.25, -0.2) is 23.4 Å². The highest BCUT2D eigenvalue weighted by molar-refractivity contribution is 7.89. The summed E-state index contributed by atoms with van der Waals surface area (Å²) in [5.41, 5.74) is 1.14. The van der Waals surface area contributed by atoms with Gasteiger partial charge in [0.1, 0.15) is 5.69 Å². The van der Waals surface area contributed by atoms with Crippen molar-refractivity contribution in [2.45, 2.75) is 55.1 Å². The molecule has 1 aromatic carbocycles. The zero-order valence-corrected chi connectivity index (χ0v) is 27.0. The molecule has 44 heavy (non-hydrogen) atoms. The monoisotopic (exact) mass is 672 g/mol. The molecular weight excluding hydrogens is 642 g/mol. The second-order valence-electron chi connectivity index (χ2n) is 11.5. The van der Waals surface area contributed by atoms with E-state index in [9.17, 15) is 30.0 Å². The molecule has 0 radical (unpaired) electrons. The van der Waals surface area contributed by atoms with Crippen molar-refractivity contribution in [2.75, 3.05) is 33.7 Å². The summed E-state index contributed by atoms with van der Waals surface area (Å²) >= 11 is 0.294. The molecule has 0 saturated heterocycles. The highest BCUT2D eigenvalue weighted by Crippen LogP contribution is 2.42. The van der Waals surface area contributed by atoms with E-state index in [0.29, 0.717) is 47.4 Å². The predicted molar refractivity (Wildman–Crippen MR) is 159 cm³/mol. The van der Waals surface area contributed by atoms with Crippen LogP contribution in [0.5, 0.6) is 0 Å². The number of likely N-dealkylation sites (N-methyl/N-ethyl adjacent to an activating group) is 1. The minimum atomic E-state index is -4.72. The summed E-state index contributed by atoms with van der Waals surface area (Å²) in [7, 11) is -2.60. The molecule has 18 heteroatoms. The second kappa shape index (κ2) is 11.1. The van der Waals surface area contributed by atoms with E-state index in [0.717, 1.165) is 5.57 Å². The van der Waals surface area contributed by atoms with E-state index in [1.54, 1.807) is 20.9 Å². The zero-order valence-electron chi connectivity index (χ0n) is 24.6. The lowest BCUT2D eigenvalue weighted by Gasteiger charge is -2.33. The summed E-state index contributed by atoms with van der Waals surface area (Å²) in [6.07, 6.45) is -3.76. The van der Waals surface area contributed by atoms with Crippen LogP contribution >= 0.6 is 11.3 Å². The number of sulfonamides is 2. The fraction of sp³-hybridized carbons (Fsp3) is 0.538. The number of nitrogens with one attached hydrogen (secondary N) is 1. The maximum Gasteiger partial charge on any atom is 0.445 e. The number of hydrogen-bond acceptors (Lipinski definition) is 9. The fourth-order valence-electron chi connectivity index (χ4n) is 5.20. The minimum Gasteiger partial charge on any atom is -0.305 e. The number of aromatic nitrogens is 4. The molecule has 3 heterocycles. The van der Waals surface area contributed by atoms with Crippen molar-refractivity contribution in [3.05, 3.63) is 39.7 Å². The van der Waals surface area contributed by atoms with E-state index in [4.69, 9.17) is 6.57 Å². The standard InChI is InChI=1S/C26H31F3N8O4S3/c1-15(2)44(40,41)37-10-7-18(16(14-37)13-35(4)5)19-11-17(43(38,39)34-25(30-3)8-9-25)12-20-21(33-36(6)22(19)20)23-31-32-24(42-23)26(27,28)29/h11-12,15,34H,7-10,13-14H2,1-2,4-6H3. The van der Waals surface area contributed by atoms with Crippen LogP contribution in [0.2, 0.25) is 0 Å². The first-order chi connectivity index (χ1) is 20.4. The first-order valence-electron chi connectivity index (χ1n) is 13.6. The zero-order chi connectivity index (χ0) is 32.4. The Morgan fingerprint density at radius 1 is 1.18 bits per heavy atom. The Hall–Kier alpha value is -2.95. The number of fused-ring (bicyclic) bond motifs is 1. The topological polar surface area (TPSA) is 135 Å². The van der Waals surface area contributed by atoms with Gasteiger partial charge in [0, 0.05) is 37.6 Å². The van der Waals surface area contributed by atoms with Gasteiger partial charge in [-0.3, -0.25) is 9.53 Å². The second-order valence-corrected chi connectivity index (χ2v) is 16.6. The Bertz CT molecular complexity index is 1920. The van der Waals surface area contributed by atoms with Gasteiger partial charge in [-0.15, -0.1) is 14.9 Å². The number of aryl methyl sites for hydroxylation is 1. The van der Waals surface area contributed by atoms with Crippen LogP contribution in [0.3, 0.4) is 0 Å². The molecule has 1 saturated carbocycles. The molecule has 0 unspecified atom stereocenters. The van der Waals surface area contributed by atoms with Crippen molar-refractivity contribution >= 4 is 47.9 Å². The third-order valence-corrected chi connectivity index (χ3v) is 12.3. The number of hydrogen-bond donors (Lipinski definition) is 1. The number of nitrogens with zero attached hydrogens (tertiary/aromatic N) is 7. The van der Waals surface area contributed by atoms with Crippen molar-refractivity contribution in [1.29, 1.82) is 0 Å². The molecule has 0 spiro atoms. The first kappa shape index (κ1) is 32.4. The first-order valence-corrected chi connectivity index (χ1v) is 17.4. The highest BCUT2D eigenvalue weighted by atomic mass is 32.2. The maximum atomic E-state index is 13.7. The van der Waals surface area contributed by atoms with E-state index >= 15 is 0 Å². The van der Waals surface area contributed by atoms with Crippen LogP contribution in [0.25, 0.3) is 32.0 Å². The van der Waals surface area contributed by atoms with Gasteiger partial charge in [0.25, 0.3) is 5.66 Å². The smallest absolute Gasteiger partial charge is 0.305 e. The average Bonchev–Trinajstić information content (AvgIpc) is 3.34. The van der Waals surface area contributed by atoms with Crippen molar-refractivity contribution < 1.29 is 30.0 Å². The van der Waals surface area contributed by atoms with E-state index in [2.05, 4.69) is 24.9 Å². The summed E-state index contributed by atoms with van der Waals surface area (Å²) < 4.78 is 99.0. The molecule has 0 atom stereocenters. The van der Waals surface area contributed by atoms with Crippen LogP contribution in [0.4, 0.5) is 13.2 Å². The van der Waals surface area contributed by atoms with Gasteiger partial charge in [0.15, 0.2) is 5.01 Å². The van der Waals surface area contributed by atoms with E-state index in [1.165, 1.54) is 21.1 Å². The highest BCUT2D eigenvalue weighted by Gasteiger charge is 2.54. The molecule has 12 nitrogen and oxygen atoms in total. The van der Waals surface area contributed by atoms with E-state index in [-0.39, 0.29) is 40.5 Å². The minimum absolute atomic E-state index is 0.0229. The van der Waals surface area contributed by atoms with Gasteiger partial charge >= 0.3 is 6.18 Å². The molecule has 2 aromatic heterocycles. The lowest BCUT2D eigenvalue weighted by atomic mass is 9.92. The number of halogens is 3. The van der Waals surface area contributed by atoms with E-state index < -0.39 is 42.1 Å². The normalized spacial score (nSPS) is 18.0. The lowest BCUT2D eigenvalue weighted by Crippen LogP contribution is -2.42. The van der Waals surface area contributed by atoms with Crippen LogP contribution in [0.15, 0.2) is 22.6 Å². The van der Waals surface area contributed by atoms with E-state index in [1.807, 2.05) is 19.0 Å². The van der Waals surface area contributed by atoms with Gasteiger partial charge in [-0.1, -0.05) is 11.3 Å². The molecule has 238 valence electrons. The Kier molecular flexibility index (Phi) is 8.21. The van der Waals surface area contributed by atoms with Crippen LogP contribution in [0.1, 0.15) is 43.7 Å². The molecule has 1 aliphatic carbocycles. The summed E-state index contributed by atoms with van der Waals surface area (Å²) in [4.78, 5) is 5.13. The van der Waals surface area contributed by atoms with Crippen LogP contribution in [0, 0.1) is 6.57 Å². The van der Waals surface area contributed by atoms with Gasteiger partial charge in [-0.2, -0.15) is 22.6 Å². The van der Waals surface area contributed by atoms with Crippen LogP contribution in [-0.4, -0.2) is 90.7 Å². The third-order valence-electron chi connectivity index (χ3n) is 7.55. The van der Waals surface area contributed by atoms with Crippen molar-refractivity contribution in [3.8, 4) is 10.7 Å². The molecule has 2 aliphatic rings. The molecular formula is C26H31F3N8O4S3. The molecule has 1 fully saturated rings. The predicted octanol–water partition coefficient (Wildman–Crippen LogP) is 3.56. The quantitative estimate of drug-likeness (QED) is 0.341. The molecule has 1 aliphatic heterocycles. The average molecular weight is 673 g/mol. The summed E-state index contributed by atoms with van der Waals surface area (Å²) in [5.74, 6) is 0. The molecule has 0 amide bonds. The van der Waals surface area contributed by atoms with Crippen molar-refractivity contribution in [2.24, 2.45) is 7.05 Å². The summed E-state index contributed by atoms with van der Waals surface area (Å²) in [6, 6.07) is 2.79. The van der Waals surface area contributed by atoms with Crippen molar-refractivity contribution in [3.63, 3.8) is 0 Å². The third kappa shape index (κ3) is 6.00. The van der Waals surface area contributed by atoms with Crippen LogP contribution in [-0.2, 0) is 33.3 Å². The Balaban J connectivity index is 1.77. The Morgan fingerprint density at radius 3 is 2.41 bits per heavy atom. The van der Waals surface area contributed by atoms with Gasteiger partial charge < -0.3 is 4.90 Å². The van der Waals surface area contributed by atoms with Gasteiger partial charge in [0.2, 0.25) is 25.1 Å². The fourth-order valence-corrected chi connectivity index (χ4v) is 8.60. The summed E-state index contributed by atoms with van der Waals surface area (Å²) in [6.45, 7) is 11.3. The number of benzene rings is 1. The number of rotatable bonds is 9. The van der Waals surface area contributed by atoms with Crippen LogP contribution < -0.4 is 4.72 Å². The summed E-state index contributed by atoms with van der Waals surface area (Å²) in [5, 5.41) is 9.73. The molecule has 3 aromatic rings. The SMILES string of the molecule is [C-]#[N+]C1(NS(=O)(=O)c2cc(C3=C(CN(C)C)CN(S(=O)(=O)C(C)C)CC3)c3c(c2)c(-c2nnc(C(F)(F)F)s2)nn3C)CC1. The maximum absolute atomic E-state index is 13.7. The largest absolute Gasteiger partial charge is 0.445 e. The van der Waals surface area contributed by atoms with Gasteiger partial charge in [0.05, 0.1) is 28.5 Å². The Labute approximate surface area is 257 Å².